The summed E-state index contributed by atoms with van der Waals surface area (Å²) in [6, 6.07) is 0. The molecule has 0 unspecified atom stereocenters. The van der Waals surface area contributed by atoms with Crippen LogP contribution in [-0.4, -0.2) is 22.8 Å². The van der Waals surface area contributed by atoms with Crippen molar-refractivity contribution in [3.8, 4) is 0 Å². The van der Waals surface area contributed by atoms with Crippen LogP contribution in [0.5, 0.6) is 0 Å². The number of aromatic nitrogens is 1. The van der Waals surface area contributed by atoms with Crippen molar-refractivity contribution in [1.82, 2.24) is 9.88 Å². The van der Waals surface area contributed by atoms with Gasteiger partial charge < -0.3 is 4.90 Å². The monoisotopic (exact) mass is 304 g/mol. The summed E-state index contributed by atoms with van der Waals surface area (Å²) < 4.78 is 0. The standard InChI is InChI=1S/C17H24N2OS/c1-19(9-15-10-21-11-18-15)16(20)8-17-5-12-2-13(6-17)4-14(3-12)7-17/h10-14H,2-9H2,1H3. The van der Waals surface area contributed by atoms with E-state index in [4.69, 9.17) is 0 Å². The van der Waals surface area contributed by atoms with Gasteiger partial charge in [-0.1, -0.05) is 0 Å². The van der Waals surface area contributed by atoms with Gasteiger partial charge in [-0.05, 0) is 61.7 Å². The molecule has 1 aromatic rings. The molecule has 4 bridgehead atoms. The molecule has 0 aliphatic heterocycles. The number of amides is 1. The Hall–Kier alpha value is -0.900. The minimum Gasteiger partial charge on any atom is -0.340 e. The largest absolute Gasteiger partial charge is 0.340 e. The van der Waals surface area contributed by atoms with E-state index >= 15 is 0 Å². The Morgan fingerprint density at radius 3 is 2.43 bits per heavy atom. The molecular formula is C17H24N2OS. The highest BCUT2D eigenvalue weighted by molar-refractivity contribution is 7.07. The molecule has 0 atom stereocenters. The Morgan fingerprint density at radius 2 is 1.90 bits per heavy atom. The zero-order valence-corrected chi connectivity index (χ0v) is 13.6. The van der Waals surface area contributed by atoms with Crippen molar-refractivity contribution in [3.63, 3.8) is 0 Å². The SMILES string of the molecule is CN(Cc1cscn1)C(=O)CC12CC3CC(CC(C3)C1)C2. The maximum atomic E-state index is 12.7. The van der Waals surface area contributed by atoms with Gasteiger partial charge in [-0.15, -0.1) is 11.3 Å². The molecular weight excluding hydrogens is 280 g/mol. The van der Waals surface area contributed by atoms with E-state index in [1.54, 1.807) is 11.3 Å². The molecule has 5 rings (SSSR count). The molecule has 1 aromatic heterocycles. The Morgan fingerprint density at radius 1 is 1.29 bits per heavy atom. The molecule has 0 aromatic carbocycles. The third-order valence-electron chi connectivity index (χ3n) is 6.00. The lowest BCUT2D eigenvalue weighted by Crippen LogP contribution is -2.48. The maximum absolute atomic E-state index is 12.7. The second-order valence-corrected chi connectivity index (χ2v) is 8.54. The van der Waals surface area contributed by atoms with Gasteiger partial charge in [0.2, 0.25) is 5.91 Å². The topological polar surface area (TPSA) is 33.2 Å². The van der Waals surface area contributed by atoms with Gasteiger partial charge >= 0.3 is 0 Å². The first-order chi connectivity index (χ1) is 10.1. The van der Waals surface area contributed by atoms with Crippen LogP contribution in [0.2, 0.25) is 0 Å². The molecule has 21 heavy (non-hydrogen) atoms. The fourth-order valence-electron chi connectivity index (χ4n) is 5.61. The minimum atomic E-state index is 0.324. The minimum absolute atomic E-state index is 0.324. The molecule has 0 spiro atoms. The molecule has 0 saturated heterocycles. The van der Waals surface area contributed by atoms with Crippen molar-refractivity contribution in [1.29, 1.82) is 0 Å². The van der Waals surface area contributed by atoms with E-state index in [-0.39, 0.29) is 0 Å². The van der Waals surface area contributed by atoms with Crippen molar-refractivity contribution in [2.24, 2.45) is 23.2 Å². The van der Waals surface area contributed by atoms with Crippen LogP contribution < -0.4 is 0 Å². The molecule has 4 fully saturated rings. The fourth-order valence-corrected chi connectivity index (χ4v) is 6.16. The predicted octanol–water partition coefficient (Wildman–Crippen LogP) is 3.71. The Bertz CT molecular complexity index is 490. The quantitative estimate of drug-likeness (QED) is 0.849. The van der Waals surface area contributed by atoms with E-state index in [0.29, 0.717) is 17.9 Å². The third kappa shape index (κ3) is 2.63. The third-order valence-corrected chi connectivity index (χ3v) is 6.63. The van der Waals surface area contributed by atoms with Crippen molar-refractivity contribution in [3.05, 3.63) is 16.6 Å². The van der Waals surface area contributed by atoms with Gasteiger partial charge in [0.15, 0.2) is 0 Å². The van der Waals surface area contributed by atoms with Crippen LogP contribution in [0.25, 0.3) is 0 Å². The summed E-state index contributed by atoms with van der Waals surface area (Å²) in [6.45, 7) is 0.661. The second kappa shape index (κ2) is 5.08. The highest BCUT2D eigenvalue weighted by Crippen LogP contribution is 2.61. The lowest BCUT2D eigenvalue weighted by atomic mass is 9.49. The number of nitrogens with zero attached hydrogens (tertiary/aromatic N) is 2. The Kier molecular flexibility index (Phi) is 3.32. The van der Waals surface area contributed by atoms with Gasteiger partial charge in [-0.3, -0.25) is 4.79 Å². The lowest BCUT2D eigenvalue weighted by Gasteiger charge is -2.56. The first-order valence-corrected chi connectivity index (χ1v) is 9.17. The summed E-state index contributed by atoms with van der Waals surface area (Å²) in [6.07, 6.45) is 9.06. The molecule has 4 aliphatic rings. The fraction of sp³-hybridized carbons (Fsp3) is 0.765. The molecule has 1 amide bonds. The molecule has 3 nitrogen and oxygen atoms in total. The van der Waals surface area contributed by atoms with Crippen molar-refractivity contribution in [2.75, 3.05) is 7.05 Å². The van der Waals surface area contributed by atoms with Crippen LogP contribution in [0.4, 0.5) is 0 Å². The number of hydrogen-bond donors (Lipinski definition) is 0. The zero-order valence-electron chi connectivity index (χ0n) is 12.8. The van der Waals surface area contributed by atoms with Gasteiger partial charge in [0.05, 0.1) is 17.7 Å². The normalized spacial score (nSPS) is 36.9. The number of thiazole rings is 1. The highest BCUT2D eigenvalue weighted by atomic mass is 32.1. The number of rotatable bonds is 4. The molecule has 4 aliphatic carbocycles. The van der Waals surface area contributed by atoms with E-state index in [2.05, 4.69) is 4.98 Å². The first-order valence-electron chi connectivity index (χ1n) is 8.23. The van der Waals surface area contributed by atoms with Crippen LogP contribution >= 0.6 is 11.3 Å². The summed E-state index contributed by atoms with van der Waals surface area (Å²) in [5.41, 5.74) is 3.20. The Balaban J connectivity index is 1.42. The van der Waals surface area contributed by atoms with Gasteiger partial charge in [0.1, 0.15) is 0 Å². The molecule has 4 heteroatoms. The average Bonchev–Trinajstić information content (AvgIpc) is 2.89. The van der Waals surface area contributed by atoms with Crippen molar-refractivity contribution < 1.29 is 4.79 Å². The van der Waals surface area contributed by atoms with Crippen molar-refractivity contribution >= 4 is 17.2 Å². The van der Waals surface area contributed by atoms with E-state index in [9.17, 15) is 4.79 Å². The van der Waals surface area contributed by atoms with E-state index in [0.717, 1.165) is 29.9 Å². The van der Waals surface area contributed by atoms with Gasteiger partial charge in [-0.25, -0.2) is 4.98 Å². The van der Waals surface area contributed by atoms with Gasteiger partial charge in [0, 0.05) is 18.8 Å². The van der Waals surface area contributed by atoms with Crippen LogP contribution in [0.3, 0.4) is 0 Å². The van der Waals surface area contributed by atoms with Crippen LogP contribution in [0.15, 0.2) is 10.9 Å². The second-order valence-electron chi connectivity index (χ2n) is 7.82. The summed E-state index contributed by atoms with van der Waals surface area (Å²) in [5.74, 6) is 3.10. The maximum Gasteiger partial charge on any atom is 0.223 e. The molecule has 0 radical (unpaired) electrons. The smallest absolute Gasteiger partial charge is 0.223 e. The molecule has 1 heterocycles. The van der Waals surface area contributed by atoms with Gasteiger partial charge in [0.25, 0.3) is 0 Å². The molecule has 0 N–H and O–H groups in total. The van der Waals surface area contributed by atoms with Crippen molar-refractivity contribution in [2.45, 2.75) is 51.5 Å². The van der Waals surface area contributed by atoms with Gasteiger partial charge in [-0.2, -0.15) is 0 Å². The first kappa shape index (κ1) is 13.7. The summed E-state index contributed by atoms with van der Waals surface area (Å²) in [4.78, 5) is 18.8. The predicted molar refractivity (Wildman–Crippen MR) is 83.8 cm³/mol. The van der Waals surface area contributed by atoms with E-state index < -0.39 is 0 Å². The summed E-state index contributed by atoms with van der Waals surface area (Å²) in [5, 5.41) is 2.04. The zero-order chi connectivity index (χ0) is 14.4. The van der Waals surface area contributed by atoms with E-state index in [1.165, 1.54) is 38.5 Å². The number of carbonyl (C=O) groups is 1. The summed E-state index contributed by atoms with van der Waals surface area (Å²) >= 11 is 1.60. The average molecular weight is 304 g/mol. The van der Waals surface area contributed by atoms with Crippen LogP contribution in [0, 0.1) is 23.2 Å². The van der Waals surface area contributed by atoms with E-state index in [1.807, 2.05) is 22.8 Å². The number of carbonyl (C=O) groups excluding carboxylic acids is 1. The molecule has 114 valence electrons. The Labute approximate surface area is 130 Å². The summed E-state index contributed by atoms with van der Waals surface area (Å²) in [7, 11) is 1.93. The molecule has 4 saturated carbocycles. The van der Waals surface area contributed by atoms with Crippen LogP contribution in [-0.2, 0) is 11.3 Å². The highest BCUT2D eigenvalue weighted by Gasteiger charge is 2.51. The lowest BCUT2D eigenvalue weighted by molar-refractivity contribution is -0.138. The number of hydrogen-bond acceptors (Lipinski definition) is 3. The van der Waals surface area contributed by atoms with Crippen LogP contribution in [0.1, 0.15) is 50.6 Å².